The highest BCUT2D eigenvalue weighted by Gasteiger charge is 2.33. The van der Waals surface area contributed by atoms with Crippen molar-refractivity contribution in [3.05, 3.63) is 58.6 Å². The van der Waals surface area contributed by atoms with Gasteiger partial charge in [-0.25, -0.2) is 0 Å². The molecular weight excluding hydrogens is 352 g/mol. The number of aryl methyl sites for hydroxylation is 1. The van der Waals surface area contributed by atoms with Gasteiger partial charge in [-0.2, -0.15) is 0 Å². The highest BCUT2D eigenvalue weighted by molar-refractivity contribution is 6.32. The summed E-state index contributed by atoms with van der Waals surface area (Å²) in [4.78, 5) is 26.6. The maximum atomic E-state index is 12.6. The fraction of sp³-hybridized carbons (Fsp3) is 0.300. The lowest BCUT2D eigenvalue weighted by atomic mass is 10.1. The van der Waals surface area contributed by atoms with E-state index >= 15 is 0 Å². The van der Waals surface area contributed by atoms with E-state index in [1.807, 2.05) is 31.2 Å². The summed E-state index contributed by atoms with van der Waals surface area (Å²) in [5.74, 6) is 0.292. The zero-order chi connectivity index (χ0) is 18.7. The van der Waals surface area contributed by atoms with Gasteiger partial charge < -0.3 is 15.0 Å². The predicted octanol–water partition coefficient (Wildman–Crippen LogP) is 3.12. The van der Waals surface area contributed by atoms with Gasteiger partial charge in [0.1, 0.15) is 11.8 Å². The van der Waals surface area contributed by atoms with Gasteiger partial charge in [-0.1, -0.05) is 35.4 Å². The number of ether oxygens (including phenoxy) is 1. The Kier molecular flexibility index (Phi) is 5.47. The Bertz CT molecular complexity index is 820. The number of amides is 2. The lowest BCUT2D eigenvalue weighted by Crippen LogP contribution is -2.42. The van der Waals surface area contributed by atoms with Crippen molar-refractivity contribution >= 4 is 29.1 Å². The van der Waals surface area contributed by atoms with E-state index in [1.165, 1.54) is 0 Å². The molecule has 3 rings (SSSR count). The van der Waals surface area contributed by atoms with Crippen molar-refractivity contribution in [3.8, 4) is 5.75 Å². The van der Waals surface area contributed by atoms with Crippen molar-refractivity contribution in [2.75, 3.05) is 18.6 Å². The average molecular weight is 373 g/mol. The van der Waals surface area contributed by atoms with E-state index in [9.17, 15) is 9.59 Å². The second-order valence-electron chi connectivity index (χ2n) is 6.38. The molecule has 136 valence electrons. The third-order valence-corrected chi connectivity index (χ3v) is 4.76. The number of nitrogens with zero attached hydrogens (tertiary/aromatic N) is 1. The lowest BCUT2D eigenvalue weighted by Gasteiger charge is -2.17. The summed E-state index contributed by atoms with van der Waals surface area (Å²) in [5, 5.41) is 3.29. The number of anilines is 1. The standard InChI is InChI=1S/C20H21ClN2O3/c1-13-3-6-15(7-4-13)23-10-9-17(20(23)25)22-19(24)12-14-5-8-18(26-2)16(21)11-14/h3-8,11,17H,9-10,12H2,1-2H3,(H,22,24). The van der Waals surface area contributed by atoms with Gasteiger partial charge in [0.15, 0.2) is 0 Å². The van der Waals surface area contributed by atoms with E-state index in [0.717, 1.165) is 16.8 Å². The van der Waals surface area contributed by atoms with Gasteiger partial charge >= 0.3 is 0 Å². The van der Waals surface area contributed by atoms with E-state index in [0.29, 0.717) is 23.7 Å². The summed E-state index contributed by atoms with van der Waals surface area (Å²) in [6.45, 7) is 2.60. The number of hydrogen-bond acceptors (Lipinski definition) is 3. The topological polar surface area (TPSA) is 58.6 Å². The average Bonchev–Trinajstić information content (AvgIpc) is 2.96. The SMILES string of the molecule is COc1ccc(CC(=O)NC2CCN(c3ccc(C)cc3)C2=O)cc1Cl. The van der Waals surface area contributed by atoms with Crippen molar-refractivity contribution in [3.63, 3.8) is 0 Å². The number of rotatable bonds is 5. The van der Waals surface area contributed by atoms with Crippen molar-refractivity contribution in [2.45, 2.75) is 25.8 Å². The molecule has 0 bridgehead atoms. The second kappa shape index (κ2) is 7.79. The first-order valence-corrected chi connectivity index (χ1v) is 8.85. The smallest absolute Gasteiger partial charge is 0.249 e. The number of methoxy groups -OCH3 is 1. The maximum Gasteiger partial charge on any atom is 0.249 e. The number of hydrogen-bond donors (Lipinski definition) is 1. The molecule has 0 spiro atoms. The van der Waals surface area contributed by atoms with Crippen LogP contribution in [0.3, 0.4) is 0 Å². The highest BCUT2D eigenvalue weighted by atomic mass is 35.5. The Labute approximate surface area is 157 Å². The Balaban J connectivity index is 1.60. The number of benzene rings is 2. The third kappa shape index (κ3) is 3.99. The molecule has 6 heteroatoms. The lowest BCUT2D eigenvalue weighted by molar-refractivity contribution is -0.126. The molecule has 0 saturated carbocycles. The van der Waals surface area contributed by atoms with Crippen LogP contribution >= 0.6 is 11.6 Å². The minimum absolute atomic E-state index is 0.0741. The summed E-state index contributed by atoms with van der Waals surface area (Å²) in [6.07, 6.45) is 0.764. The molecule has 1 N–H and O–H groups in total. The number of carbonyl (C=O) groups excluding carboxylic acids is 2. The van der Waals surface area contributed by atoms with Gasteiger partial charge in [-0.3, -0.25) is 9.59 Å². The Morgan fingerprint density at radius 3 is 2.65 bits per heavy atom. The molecule has 1 unspecified atom stereocenters. The summed E-state index contributed by atoms with van der Waals surface area (Å²) >= 11 is 6.09. The maximum absolute atomic E-state index is 12.6. The van der Waals surface area contributed by atoms with Gasteiger partial charge in [-0.15, -0.1) is 0 Å². The predicted molar refractivity (Wildman–Crippen MR) is 102 cm³/mol. The highest BCUT2D eigenvalue weighted by Crippen LogP contribution is 2.25. The number of halogens is 1. The van der Waals surface area contributed by atoms with E-state index in [2.05, 4.69) is 5.32 Å². The largest absolute Gasteiger partial charge is 0.495 e. The third-order valence-electron chi connectivity index (χ3n) is 4.47. The van der Waals surface area contributed by atoms with Gasteiger partial charge in [0.05, 0.1) is 18.6 Å². The molecule has 0 aliphatic carbocycles. The van der Waals surface area contributed by atoms with Crippen LogP contribution in [0.4, 0.5) is 5.69 Å². The molecule has 1 atom stereocenters. The fourth-order valence-electron chi connectivity index (χ4n) is 3.05. The Hall–Kier alpha value is -2.53. The second-order valence-corrected chi connectivity index (χ2v) is 6.79. The van der Waals surface area contributed by atoms with E-state index < -0.39 is 6.04 Å². The van der Waals surface area contributed by atoms with Crippen LogP contribution in [-0.2, 0) is 16.0 Å². The van der Waals surface area contributed by atoms with Crippen LogP contribution in [0.1, 0.15) is 17.5 Å². The van der Waals surface area contributed by atoms with Gasteiger partial charge in [0.25, 0.3) is 0 Å². The molecule has 0 aromatic heterocycles. The summed E-state index contributed by atoms with van der Waals surface area (Å²) in [6, 6.07) is 12.5. The van der Waals surface area contributed by atoms with Crippen LogP contribution in [0.15, 0.2) is 42.5 Å². The normalized spacial score (nSPS) is 16.7. The molecule has 26 heavy (non-hydrogen) atoms. The molecule has 5 nitrogen and oxygen atoms in total. The van der Waals surface area contributed by atoms with E-state index in [-0.39, 0.29) is 18.2 Å². The Morgan fingerprint density at radius 1 is 1.27 bits per heavy atom. The molecule has 2 amide bonds. The minimum Gasteiger partial charge on any atom is -0.495 e. The molecular formula is C20H21ClN2O3. The summed E-state index contributed by atoms with van der Waals surface area (Å²) in [7, 11) is 1.54. The van der Waals surface area contributed by atoms with Crippen molar-refractivity contribution in [1.82, 2.24) is 5.32 Å². The zero-order valence-corrected chi connectivity index (χ0v) is 15.5. The molecule has 2 aromatic rings. The first-order chi connectivity index (χ1) is 12.5. The quantitative estimate of drug-likeness (QED) is 0.877. The summed E-state index contributed by atoms with van der Waals surface area (Å²) < 4.78 is 5.11. The number of nitrogens with one attached hydrogen (secondary N) is 1. The van der Waals surface area contributed by atoms with Crippen LogP contribution in [0.5, 0.6) is 5.75 Å². The zero-order valence-electron chi connectivity index (χ0n) is 14.8. The molecule has 0 radical (unpaired) electrons. The van der Waals surface area contributed by atoms with Crippen molar-refractivity contribution < 1.29 is 14.3 Å². The molecule has 1 fully saturated rings. The van der Waals surface area contributed by atoms with Crippen LogP contribution in [-0.4, -0.2) is 31.5 Å². The monoisotopic (exact) mass is 372 g/mol. The Morgan fingerprint density at radius 2 is 2.00 bits per heavy atom. The van der Waals surface area contributed by atoms with Crippen LogP contribution in [0.25, 0.3) is 0 Å². The fourth-order valence-corrected chi connectivity index (χ4v) is 3.33. The van der Waals surface area contributed by atoms with Crippen LogP contribution in [0.2, 0.25) is 5.02 Å². The van der Waals surface area contributed by atoms with Crippen LogP contribution < -0.4 is 15.0 Å². The van der Waals surface area contributed by atoms with E-state index in [1.54, 1.807) is 30.2 Å². The van der Waals surface area contributed by atoms with E-state index in [4.69, 9.17) is 16.3 Å². The molecule has 1 saturated heterocycles. The number of carbonyl (C=O) groups is 2. The van der Waals surface area contributed by atoms with Crippen molar-refractivity contribution in [1.29, 1.82) is 0 Å². The van der Waals surface area contributed by atoms with Crippen molar-refractivity contribution in [2.24, 2.45) is 0 Å². The molecule has 2 aromatic carbocycles. The van der Waals surface area contributed by atoms with Crippen LogP contribution in [0, 0.1) is 6.92 Å². The first-order valence-electron chi connectivity index (χ1n) is 8.48. The summed E-state index contributed by atoms with van der Waals surface area (Å²) in [5.41, 5.74) is 2.77. The van der Waals surface area contributed by atoms with Gasteiger partial charge in [0.2, 0.25) is 11.8 Å². The van der Waals surface area contributed by atoms with Gasteiger partial charge in [0, 0.05) is 12.2 Å². The molecule has 1 heterocycles. The first kappa shape index (κ1) is 18.3. The molecule has 1 aliphatic rings. The molecule has 1 aliphatic heterocycles. The van der Waals surface area contributed by atoms with Gasteiger partial charge in [-0.05, 0) is 43.2 Å². The minimum atomic E-state index is -0.488.